The predicted molar refractivity (Wildman–Crippen MR) is 86.8 cm³/mol. The monoisotopic (exact) mass is 328 g/mol. The smallest absolute Gasteiger partial charge is 0.224 e. The van der Waals surface area contributed by atoms with Crippen LogP contribution in [0.25, 0.3) is 10.7 Å². The third kappa shape index (κ3) is 3.59. The van der Waals surface area contributed by atoms with E-state index in [1.54, 1.807) is 18.6 Å². The molecule has 1 amide bonds. The van der Waals surface area contributed by atoms with E-state index in [9.17, 15) is 4.79 Å². The van der Waals surface area contributed by atoms with Gasteiger partial charge < -0.3 is 5.32 Å². The zero-order chi connectivity index (χ0) is 16.2. The third-order valence-corrected chi connectivity index (χ3v) is 4.33. The van der Waals surface area contributed by atoms with Gasteiger partial charge in [0.1, 0.15) is 10.7 Å². The van der Waals surface area contributed by atoms with Gasteiger partial charge in [-0.3, -0.25) is 19.9 Å². The lowest BCUT2D eigenvalue weighted by Gasteiger charge is -2.03. The van der Waals surface area contributed by atoms with Gasteiger partial charge in [-0.15, -0.1) is 11.3 Å². The molecule has 0 atom stereocenters. The summed E-state index contributed by atoms with van der Waals surface area (Å²) in [5.41, 5.74) is 4.28. The summed E-state index contributed by atoms with van der Waals surface area (Å²) in [6.07, 6.45) is 5.24. The molecule has 0 spiro atoms. The lowest BCUT2D eigenvalue weighted by molar-refractivity contribution is -0.120. The topological polar surface area (TPSA) is 96.5 Å². The summed E-state index contributed by atoms with van der Waals surface area (Å²) < 4.78 is 0. The largest absolute Gasteiger partial charge is 0.350 e. The van der Waals surface area contributed by atoms with Crippen molar-refractivity contribution >= 4 is 17.2 Å². The zero-order valence-electron chi connectivity index (χ0n) is 12.8. The van der Waals surface area contributed by atoms with Crippen molar-refractivity contribution in [2.45, 2.75) is 26.8 Å². The molecule has 0 fully saturated rings. The number of aromatic amines is 1. The van der Waals surface area contributed by atoms with Crippen molar-refractivity contribution in [3.8, 4) is 10.7 Å². The van der Waals surface area contributed by atoms with Gasteiger partial charge in [0.2, 0.25) is 5.91 Å². The highest BCUT2D eigenvalue weighted by atomic mass is 32.1. The lowest BCUT2D eigenvalue weighted by atomic mass is 10.1. The van der Waals surface area contributed by atoms with Crippen LogP contribution in [-0.4, -0.2) is 31.1 Å². The number of amides is 1. The summed E-state index contributed by atoms with van der Waals surface area (Å²) in [4.78, 5) is 24.8. The number of nitrogens with zero attached hydrogens (tertiary/aromatic N) is 4. The standard InChI is InChI=1S/C15H16N6OS/c1-9-12(10(2)21-20-9)5-14(22)18-6-11-8-23-15(19-11)13-7-16-3-4-17-13/h3-4,7-8H,5-6H2,1-2H3,(H,18,22)(H,20,21). The number of hydrogen-bond donors (Lipinski definition) is 2. The average molecular weight is 328 g/mol. The van der Waals surface area contributed by atoms with Gasteiger partial charge in [-0.2, -0.15) is 5.10 Å². The van der Waals surface area contributed by atoms with Crippen LogP contribution in [0, 0.1) is 13.8 Å². The third-order valence-electron chi connectivity index (χ3n) is 3.42. The Morgan fingerprint density at radius 1 is 1.35 bits per heavy atom. The van der Waals surface area contributed by atoms with E-state index >= 15 is 0 Å². The second-order valence-electron chi connectivity index (χ2n) is 5.10. The Morgan fingerprint density at radius 2 is 2.22 bits per heavy atom. The molecule has 0 saturated heterocycles. The van der Waals surface area contributed by atoms with E-state index in [4.69, 9.17) is 0 Å². The molecular weight excluding hydrogens is 312 g/mol. The first-order valence-corrected chi connectivity index (χ1v) is 7.99. The first-order valence-electron chi connectivity index (χ1n) is 7.11. The van der Waals surface area contributed by atoms with Crippen LogP contribution < -0.4 is 5.32 Å². The van der Waals surface area contributed by atoms with Crippen molar-refractivity contribution in [1.82, 2.24) is 30.5 Å². The minimum Gasteiger partial charge on any atom is -0.350 e. The molecule has 2 N–H and O–H groups in total. The fourth-order valence-electron chi connectivity index (χ4n) is 2.16. The number of aryl methyl sites for hydroxylation is 2. The van der Waals surface area contributed by atoms with Crippen molar-refractivity contribution in [3.63, 3.8) is 0 Å². The summed E-state index contributed by atoms with van der Waals surface area (Å²) in [7, 11) is 0. The highest BCUT2D eigenvalue weighted by Crippen LogP contribution is 2.20. The number of carbonyl (C=O) groups is 1. The van der Waals surface area contributed by atoms with E-state index in [0.29, 0.717) is 13.0 Å². The van der Waals surface area contributed by atoms with Crippen LogP contribution in [0.1, 0.15) is 22.6 Å². The Labute approximate surface area is 137 Å². The molecule has 3 aromatic heterocycles. The lowest BCUT2D eigenvalue weighted by Crippen LogP contribution is -2.25. The Kier molecular flexibility index (Phi) is 4.42. The maximum absolute atomic E-state index is 12.1. The van der Waals surface area contributed by atoms with Crippen LogP contribution in [0.2, 0.25) is 0 Å². The number of rotatable bonds is 5. The molecule has 23 heavy (non-hydrogen) atoms. The molecule has 3 heterocycles. The van der Waals surface area contributed by atoms with Crippen LogP contribution in [0.5, 0.6) is 0 Å². The van der Waals surface area contributed by atoms with Gasteiger partial charge in [0.25, 0.3) is 0 Å². The molecule has 0 aliphatic heterocycles. The number of H-pyrrole nitrogens is 1. The molecule has 0 unspecified atom stereocenters. The Morgan fingerprint density at radius 3 is 2.91 bits per heavy atom. The van der Waals surface area contributed by atoms with E-state index in [-0.39, 0.29) is 5.91 Å². The Balaban J connectivity index is 1.59. The predicted octanol–water partition coefficient (Wildman–Crippen LogP) is 1.80. The van der Waals surface area contributed by atoms with Crippen LogP contribution >= 0.6 is 11.3 Å². The first kappa shape index (κ1) is 15.3. The summed E-state index contributed by atoms with van der Waals surface area (Å²) in [6, 6.07) is 0. The summed E-state index contributed by atoms with van der Waals surface area (Å²) >= 11 is 1.48. The maximum atomic E-state index is 12.1. The number of nitrogens with one attached hydrogen (secondary N) is 2. The Bertz CT molecular complexity index is 791. The fourth-order valence-corrected chi connectivity index (χ4v) is 2.94. The van der Waals surface area contributed by atoms with E-state index in [1.165, 1.54) is 11.3 Å². The molecule has 3 aromatic rings. The zero-order valence-corrected chi connectivity index (χ0v) is 13.6. The van der Waals surface area contributed by atoms with Gasteiger partial charge in [-0.25, -0.2) is 4.98 Å². The van der Waals surface area contributed by atoms with Crippen molar-refractivity contribution in [2.24, 2.45) is 0 Å². The van der Waals surface area contributed by atoms with Crippen molar-refractivity contribution in [1.29, 1.82) is 0 Å². The summed E-state index contributed by atoms with van der Waals surface area (Å²) in [5, 5.41) is 12.6. The van der Waals surface area contributed by atoms with Gasteiger partial charge in [0.15, 0.2) is 0 Å². The van der Waals surface area contributed by atoms with Gasteiger partial charge in [0, 0.05) is 29.0 Å². The van der Waals surface area contributed by atoms with Crippen molar-refractivity contribution in [2.75, 3.05) is 0 Å². The van der Waals surface area contributed by atoms with Gasteiger partial charge in [-0.1, -0.05) is 0 Å². The second kappa shape index (κ2) is 6.66. The molecule has 7 nitrogen and oxygen atoms in total. The van der Waals surface area contributed by atoms with Gasteiger partial charge in [0.05, 0.1) is 30.6 Å². The minimum absolute atomic E-state index is 0.0494. The number of carbonyl (C=O) groups excluding carboxylic acids is 1. The summed E-state index contributed by atoms with van der Waals surface area (Å²) in [5.74, 6) is -0.0494. The number of aromatic nitrogens is 5. The molecule has 0 aliphatic rings. The quantitative estimate of drug-likeness (QED) is 0.744. The van der Waals surface area contributed by atoms with Crippen molar-refractivity contribution in [3.05, 3.63) is 46.6 Å². The first-order chi connectivity index (χ1) is 11.1. The van der Waals surface area contributed by atoms with Crippen LogP contribution in [0.15, 0.2) is 24.0 Å². The van der Waals surface area contributed by atoms with Crippen LogP contribution in [-0.2, 0) is 17.8 Å². The molecule has 0 bridgehead atoms. The molecule has 0 saturated carbocycles. The molecular formula is C15H16N6OS. The molecule has 118 valence electrons. The highest BCUT2D eigenvalue weighted by molar-refractivity contribution is 7.13. The van der Waals surface area contributed by atoms with Crippen molar-refractivity contribution < 1.29 is 4.79 Å². The fraction of sp³-hybridized carbons (Fsp3) is 0.267. The Hall–Kier alpha value is -2.61. The molecule has 3 rings (SSSR count). The van der Waals surface area contributed by atoms with Gasteiger partial charge >= 0.3 is 0 Å². The molecule has 0 radical (unpaired) electrons. The normalized spacial score (nSPS) is 10.7. The minimum atomic E-state index is -0.0494. The van der Waals surface area contributed by atoms with Gasteiger partial charge in [-0.05, 0) is 13.8 Å². The highest BCUT2D eigenvalue weighted by Gasteiger charge is 2.12. The molecule has 0 aliphatic carbocycles. The van der Waals surface area contributed by atoms with E-state index in [2.05, 4.69) is 30.5 Å². The molecule has 0 aromatic carbocycles. The molecule has 8 heteroatoms. The second-order valence-corrected chi connectivity index (χ2v) is 5.96. The number of hydrogen-bond acceptors (Lipinski definition) is 6. The van der Waals surface area contributed by atoms with Crippen LogP contribution in [0.3, 0.4) is 0 Å². The van der Waals surface area contributed by atoms with Crippen LogP contribution in [0.4, 0.5) is 0 Å². The average Bonchev–Trinajstić information content (AvgIpc) is 3.16. The SMILES string of the molecule is Cc1n[nH]c(C)c1CC(=O)NCc1csc(-c2cnccn2)n1. The maximum Gasteiger partial charge on any atom is 0.224 e. The summed E-state index contributed by atoms with van der Waals surface area (Å²) in [6.45, 7) is 4.20. The van der Waals surface area contributed by atoms with E-state index in [0.717, 1.165) is 33.3 Å². The number of thiazole rings is 1. The van der Waals surface area contributed by atoms with E-state index in [1.807, 2.05) is 19.2 Å². The van der Waals surface area contributed by atoms with E-state index < -0.39 is 0 Å².